The molecule has 3 nitrogen and oxygen atoms in total. The van der Waals surface area contributed by atoms with Crippen molar-refractivity contribution in [1.29, 1.82) is 0 Å². The van der Waals surface area contributed by atoms with Crippen molar-refractivity contribution in [2.75, 3.05) is 0 Å². The topological polar surface area (TPSA) is 38.7 Å². The smallest absolute Gasteiger partial charge is 0.192 e. The Hall–Kier alpha value is -1.16. The van der Waals surface area contributed by atoms with E-state index >= 15 is 0 Å². The van der Waals surface area contributed by atoms with Gasteiger partial charge in [0.2, 0.25) is 0 Å². The van der Waals surface area contributed by atoms with Crippen molar-refractivity contribution in [3.63, 3.8) is 0 Å². The van der Waals surface area contributed by atoms with Crippen LogP contribution in [0.1, 0.15) is 76.5 Å². The summed E-state index contributed by atoms with van der Waals surface area (Å²) >= 11 is 3.74. The number of ketones is 1. The van der Waals surface area contributed by atoms with Gasteiger partial charge < -0.3 is 4.74 Å². The fourth-order valence-electron chi connectivity index (χ4n) is 5.53. The fourth-order valence-corrected chi connectivity index (χ4v) is 5.94. The summed E-state index contributed by atoms with van der Waals surface area (Å²) in [6.45, 7) is 13.3. The highest BCUT2D eigenvalue weighted by molar-refractivity contribution is 9.10. The first-order valence-corrected chi connectivity index (χ1v) is 11.0. The van der Waals surface area contributed by atoms with Gasteiger partial charge in [-0.25, -0.2) is 4.99 Å². The lowest BCUT2D eigenvalue weighted by Gasteiger charge is -2.36. The van der Waals surface area contributed by atoms with E-state index in [4.69, 9.17) is 9.73 Å². The van der Waals surface area contributed by atoms with Crippen LogP contribution in [0.25, 0.3) is 0 Å². The number of fused-ring (bicyclic) bond motifs is 2. The maximum absolute atomic E-state index is 13.4. The van der Waals surface area contributed by atoms with Crippen LogP contribution >= 0.6 is 15.9 Å². The maximum Gasteiger partial charge on any atom is 0.192 e. The van der Waals surface area contributed by atoms with Crippen LogP contribution in [-0.4, -0.2) is 17.7 Å². The number of hydrogen-bond acceptors (Lipinski definition) is 3. The Labute approximate surface area is 171 Å². The van der Waals surface area contributed by atoms with Crippen molar-refractivity contribution in [2.45, 2.75) is 73.0 Å². The van der Waals surface area contributed by atoms with E-state index in [1.54, 1.807) is 0 Å². The van der Waals surface area contributed by atoms with Gasteiger partial charge in [0.1, 0.15) is 11.5 Å². The molecule has 1 aromatic rings. The highest BCUT2D eigenvalue weighted by Crippen LogP contribution is 2.60. The van der Waals surface area contributed by atoms with E-state index in [1.807, 2.05) is 0 Å². The minimum Gasteiger partial charge on any atom is -0.467 e. The lowest BCUT2D eigenvalue weighted by Crippen LogP contribution is -2.32. The zero-order valence-corrected chi connectivity index (χ0v) is 18.8. The van der Waals surface area contributed by atoms with Gasteiger partial charge in [-0.2, -0.15) is 0 Å². The predicted octanol–water partition coefficient (Wildman–Crippen LogP) is 6.05. The monoisotopic (exact) mass is 431 g/mol. The van der Waals surface area contributed by atoms with Gasteiger partial charge in [0.25, 0.3) is 0 Å². The summed E-state index contributed by atoms with van der Waals surface area (Å²) in [6, 6.07) is 2.29. The summed E-state index contributed by atoms with van der Waals surface area (Å²) < 4.78 is 7.31. The van der Waals surface area contributed by atoms with E-state index in [-0.39, 0.29) is 23.3 Å². The normalized spacial score (nSPS) is 32.1. The minimum atomic E-state index is -0.297. The number of aliphatic imine (C=N–C) groups is 1. The highest BCUT2D eigenvalue weighted by Gasteiger charge is 2.52. The predicted molar refractivity (Wildman–Crippen MR) is 113 cm³/mol. The summed E-state index contributed by atoms with van der Waals surface area (Å²) in [6.07, 6.45) is 2.60. The first-order chi connectivity index (χ1) is 12.6. The Balaban J connectivity index is 2.02. The second kappa shape index (κ2) is 6.43. The molecule has 1 unspecified atom stereocenters. The molecule has 4 heteroatoms. The third-order valence-corrected chi connectivity index (χ3v) is 7.97. The lowest BCUT2D eigenvalue weighted by molar-refractivity contribution is -0.115. The molecular weight excluding hydrogens is 402 g/mol. The average Bonchev–Trinajstić information content (AvgIpc) is 2.90. The lowest BCUT2D eigenvalue weighted by atomic mass is 9.69. The second-order valence-corrected chi connectivity index (χ2v) is 10.5. The summed E-state index contributed by atoms with van der Waals surface area (Å²) in [5.74, 6) is 2.81. The fraction of sp³-hybridized carbons (Fsp3) is 0.652. The van der Waals surface area contributed by atoms with Gasteiger partial charge in [-0.1, -0.05) is 40.7 Å². The quantitative estimate of drug-likeness (QED) is 0.571. The van der Waals surface area contributed by atoms with Crippen LogP contribution in [0.2, 0.25) is 0 Å². The van der Waals surface area contributed by atoms with Gasteiger partial charge >= 0.3 is 0 Å². The third kappa shape index (κ3) is 2.82. The largest absolute Gasteiger partial charge is 0.467 e. The van der Waals surface area contributed by atoms with Gasteiger partial charge in [-0.05, 0) is 70.0 Å². The molecule has 27 heavy (non-hydrogen) atoms. The first-order valence-electron chi connectivity index (χ1n) is 10.2. The molecule has 4 atom stereocenters. The Morgan fingerprint density at radius 2 is 1.96 bits per heavy atom. The van der Waals surface area contributed by atoms with E-state index in [9.17, 15) is 4.79 Å². The van der Waals surface area contributed by atoms with Crippen LogP contribution in [0.15, 0.2) is 15.5 Å². The van der Waals surface area contributed by atoms with Crippen LogP contribution in [0.5, 0.6) is 5.75 Å². The maximum atomic E-state index is 13.4. The molecule has 0 N–H and O–H groups in total. The number of benzene rings is 1. The van der Waals surface area contributed by atoms with Crippen molar-refractivity contribution in [1.82, 2.24) is 0 Å². The van der Waals surface area contributed by atoms with Gasteiger partial charge in [-0.3, -0.25) is 4.79 Å². The average molecular weight is 432 g/mol. The van der Waals surface area contributed by atoms with Crippen molar-refractivity contribution >= 4 is 27.4 Å². The van der Waals surface area contributed by atoms with Crippen molar-refractivity contribution < 1.29 is 9.53 Å². The van der Waals surface area contributed by atoms with E-state index in [2.05, 4.69) is 63.5 Å². The zero-order valence-electron chi connectivity index (χ0n) is 17.2. The molecule has 1 fully saturated rings. The first kappa shape index (κ1) is 19.2. The SMILES string of the molecule is Cc1cc2c3c(c1Br)O[C@H](C(C)C)N=C3C(=O)C[C@]1(C)CCC(C(C)C)[C@H]21. The van der Waals surface area contributed by atoms with Crippen LogP contribution in [0.3, 0.4) is 0 Å². The zero-order chi connectivity index (χ0) is 19.7. The minimum absolute atomic E-state index is 0.00719. The van der Waals surface area contributed by atoms with Crippen LogP contribution in [-0.2, 0) is 4.79 Å². The number of nitrogens with zero attached hydrogens (tertiary/aromatic N) is 1. The highest BCUT2D eigenvalue weighted by atomic mass is 79.9. The van der Waals surface area contributed by atoms with Crippen molar-refractivity contribution in [2.24, 2.45) is 28.2 Å². The molecule has 0 radical (unpaired) electrons. The van der Waals surface area contributed by atoms with Crippen molar-refractivity contribution in [3.8, 4) is 5.75 Å². The molecule has 0 aromatic heterocycles. The van der Waals surface area contributed by atoms with Gasteiger partial charge in [0, 0.05) is 12.3 Å². The molecule has 3 aliphatic rings. The molecule has 146 valence electrons. The third-order valence-electron chi connectivity index (χ3n) is 6.98. The molecule has 1 aromatic carbocycles. The van der Waals surface area contributed by atoms with Gasteiger partial charge in [0.15, 0.2) is 12.0 Å². The van der Waals surface area contributed by atoms with Crippen LogP contribution in [0.4, 0.5) is 0 Å². The number of ether oxygens (including phenoxy) is 1. The number of carbonyl (C=O) groups is 1. The molecule has 2 aliphatic carbocycles. The molecule has 1 saturated carbocycles. The molecule has 4 rings (SSSR count). The molecule has 0 saturated heterocycles. The number of rotatable bonds is 2. The Kier molecular flexibility index (Phi) is 4.57. The number of Topliss-reactive ketones (excluding diaryl/α,β-unsaturated/α-hetero) is 1. The standard InChI is InChI=1S/C23H30BrNO2/c1-11(2)14-7-8-23(6)10-16(26)20-17-15(18(14)23)9-13(5)19(24)21(17)27-22(25-20)12(3)4/h9,11-12,14,18,22H,7-8,10H2,1-6H3/t14?,18-,22-,23+/m1/s1. The number of carbonyl (C=O) groups excluding carboxylic acids is 1. The van der Waals surface area contributed by atoms with E-state index < -0.39 is 0 Å². The summed E-state index contributed by atoms with van der Waals surface area (Å²) in [4.78, 5) is 18.2. The second-order valence-electron chi connectivity index (χ2n) is 9.71. The molecule has 1 heterocycles. The van der Waals surface area contributed by atoms with E-state index in [0.717, 1.165) is 22.2 Å². The Bertz CT molecular complexity index is 841. The van der Waals surface area contributed by atoms with Gasteiger partial charge in [0.05, 0.1) is 10.0 Å². The van der Waals surface area contributed by atoms with Crippen molar-refractivity contribution in [3.05, 3.63) is 27.2 Å². The van der Waals surface area contributed by atoms with Crippen LogP contribution < -0.4 is 4.74 Å². The van der Waals surface area contributed by atoms with Crippen LogP contribution in [0, 0.1) is 30.1 Å². The Morgan fingerprint density at radius 1 is 1.26 bits per heavy atom. The number of halogens is 1. The van der Waals surface area contributed by atoms with Gasteiger partial charge in [-0.15, -0.1) is 0 Å². The molecule has 1 aliphatic heterocycles. The molecule has 0 amide bonds. The molecular formula is C23H30BrNO2. The Morgan fingerprint density at radius 3 is 2.59 bits per heavy atom. The summed E-state index contributed by atoms with van der Waals surface area (Å²) in [5.41, 5.74) is 4.10. The van der Waals surface area contributed by atoms with E-state index in [0.29, 0.717) is 29.9 Å². The number of aryl methyl sites for hydroxylation is 1. The van der Waals surface area contributed by atoms with E-state index in [1.165, 1.54) is 17.5 Å². The summed E-state index contributed by atoms with van der Waals surface area (Å²) in [5, 5.41) is 0. The molecule has 0 bridgehead atoms. The molecule has 0 spiro atoms. The summed E-state index contributed by atoms with van der Waals surface area (Å²) in [7, 11) is 0. The number of hydrogen-bond donors (Lipinski definition) is 0.